The minimum Gasteiger partial charge on any atom is -0.364 e. The molecule has 0 aliphatic heterocycles. The zero-order chi connectivity index (χ0) is 8.97. The largest absolute Gasteiger partial charge is 0.364 e. The van der Waals surface area contributed by atoms with Gasteiger partial charge in [-0.15, -0.1) is 11.3 Å². The monoisotopic (exact) mass is 181 g/mol. The summed E-state index contributed by atoms with van der Waals surface area (Å²) in [5.41, 5.74) is 5.91. The van der Waals surface area contributed by atoms with Gasteiger partial charge in [0.05, 0.1) is 0 Å². The molecule has 0 aliphatic rings. The second-order valence-corrected chi connectivity index (χ2v) is 3.29. The second kappa shape index (κ2) is 4.26. The quantitative estimate of drug-likeness (QED) is 0.683. The molecule has 0 aliphatic carbocycles. The molecular formula is C7H10BN2OS. The van der Waals surface area contributed by atoms with E-state index in [9.17, 15) is 4.79 Å². The summed E-state index contributed by atoms with van der Waals surface area (Å²) in [6.07, 6.45) is 2.07. The summed E-state index contributed by atoms with van der Waals surface area (Å²) in [7, 11) is 2.00. The lowest BCUT2D eigenvalue weighted by atomic mass is 9.71. The normalized spacial score (nSPS) is 9.75. The van der Waals surface area contributed by atoms with Crippen LogP contribution >= 0.6 is 11.3 Å². The first-order chi connectivity index (χ1) is 5.74. The number of carbonyl (C=O) groups is 1. The Morgan fingerprint density at radius 2 is 2.58 bits per heavy atom. The van der Waals surface area contributed by atoms with Crippen LogP contribution in [0.1, 0.15) is 23.1 Å². The molecule has 3 nitrogen and oxygen atoms in total. The minimum atomic E-state index is -0.448. The van der Waals surface area contributed by atoms with E-state index in [1.807, 2.05) is 12.7 Å². The molecule has 1 heterocycles. The topological polar surface area (TPSA) is 56.0 Å². The fourth-order valence-electron chi connectivity index (χ4n) is 0.785. The molecule has 0 saturated heterocycles. The van der Waals surface area contributed by atoms with Crippen molar-refractivity contribution >= 4 is 30.1 Å². The minimum absolute atomic E-state index is 0.386. The fraction of sp³-hybridized carbons (Fsp3) is 0.429. The summed E-state index contributed by atoms with van der Waals surface area (Å²) in [5.74, 6) is -0.448. The van der Waals surface area contributed by atoms with Gasteiger partial charge in [0.1, 0.15) is 0 Å². The number of hydrogen-bond acceptors (Lipinski definition) is 3. The highest BCUT2D eigenvalue weighted by Crippen LogP contribution is 2.00. The third kappa shape index (κ3) is 2.34. The van der Waals surface area contributed by atoms with Crippen LogP contribution in [0.15, 0.2) is 5.38 Å². The van der Waals surface area contributed by atoms with Gasteiger partial charge in [-0.3, -0.25) is 4.79 Å². The van der Waals surface area contributed by atoms with E-state index in [0.29, 0.717) is 5.01 Å². The van der Waals surface area contributed by atoms with Gasteiger partial charge >= 0.3 is 0 Å². The van der Waals surface area contributed by atoms with Crippen LogP contribution in [0, 0.1) is 0 Å². The van der Waals surface area contributed by atoms with Gasteiger partial charge in [-0.2, -0.15) is 0 Å². The predicted octanol–water partition coefficient (Wildman–Crippen LogP) is 0.400. The Morgan fingerprint density at radius 3 is 3.08 bits per heavy atom. The Morgan fingerprint density at radius 1 is 1.83 bits per heavy atom. The molecule has 2 N–H and O–H groups in total. The first kappa shape index (κ1) is 9.25. The summed E-state index contributed by atoms with van der Waals surface area (Å²) >= 11 is 1.29. The van der Waals surface area contributed by atoms with Gasteiger partial charge in [-0.05, 0) is 0 Å². The van der Waals surface area contributed by atoms with E-state index >= 15 is 0 Å². The van der Waals surface area contributed by atoms with Crippen molar-refractivity contribution in [2.24, 2.45) is 5.73 Å². The zero-order valence-corrected chi connectivity index (χ0v) is 7.73. The number of aromatic nitrogens is 1. The summed E-state index contributed by atoms with van der Waals surface area (Å²) < 4.78 is 0. The maximum Gasteiger partial charge on any atom is 0.277 e. The molecule has 0 atom stereocenters. The molecule has 63 valence electrons. The Balaban J connectivity index is 2.58. The lowest BCUT2D eigenvalue weighted by Gasteiger charge is -1.88. The van der Waals surface area contributed by atoms with Gasteiger partial charge in [0.25, 0.3) is 5.91 Å². The Kier molecular flexibility index (Phi) is 3.28. The maximum atomic E-state index is 10.6. The van der Waals surface area contributed by atoms with Gasteiger partial charge in [0, 0.05) is 11.0 Å². The molecule has 12 heavy (non-hydrogen) atoms. The number of nitrogens with two attached hydrogens (primary N) is 1. The molecule has 1 amide bonds. The van der Waals surface area contributed by atoms with Crippen LogP contribution in [-0.2, 0) is 0 Å². The number of carbonyl (C=O) groups excluding carboxylic acids is 1. The lowest BCUT2D eigenvalue weighted by Crippen LogP contribution is -2.17. The number of hydrogen-bond donors (Lipinski definition) is 1. The molecule has 1 radical (unpaired) electrons. The highest BCUT2D eigenvalue weighted by atomic mass is 32.1. The number of nitrogens with zero attached hydrogens (tertiary/aromatic N) is 1. The molecule has 0 aromatic carbocycles. The average molecular weight is 181 g/mol. The SMILES string of the molecule is CCC[B]c1csc(C(N)=O)n1. The smallest absolute Gasteiger partial charge is 0.277 e. The second-order valence-electron chi connectivity index (χ2n) is 2.43. The Bertz CT molecular complexity index is 274. The van der Waals surface area contributed by atoms with Crippen molar-refractivity contribution in [1.29, 1.82) is 0 Å². The molecular weight excluding hydrogens is 171 g/mol. The first-order valence-electron chi connectivity index (χ1n) is 3.82. The molecule has 0 fully saturated rings. The predicted molar refractivity (Wildman–Crippen MR) is 51.1 cm³/mol. The van der Waals surface area contributed by atoms with Crippen molar-refractivity contribution in [3.63, 3.8) is 0 Å². The van der Waals surface area contributed by atoms with Crippen LogP contribution in [0.5, 0.6) is 0 Å². The van der Waals surface area contributed by atoms with E-state index in [4.69, 9.17) is 5.73 Å². The summed E-state index contributed by atoms with van der Waals surface area (Å²) in [4.78, 5) is 14.7. The van der Waals surface area contributed by atoms with E-state index in [0.717, 1.165) is 18.3 Å². The summed E-state index contributed by atoms with van der Waals surface area (Å²) in [6, 6.07) is 0. The molecule has 0 spiro atoms. The highest BCUT2D eigenvalue weighted by molar-refractivity contribution is 7.12. The van der Waals surface area contributed by atoms with Crippen molar-refractivity contribution in [3.05, 3.63) is 10.4 Å². The van der Waals surface area contributed by atoms with E-state index in [1.165, 1.54) is 11.3 Å². The van der Waals surface area contributed by atoms with Gasteiger partial charge in [0.15, 0.2) is 12.3 Å². The van der Waals surface area contributed by atoms with E-state index in [1.54, 1.807) is 0 Å². The first-order valence-corrected chi connectivity index (χ1v) is 4.70. The van der Waals surface area contributed by atoms with Crippen LogP contribution in [0.25, 0.3) is 0 Å². The number of rotatable bonds is 4. The lowest BCUT2D eigenvalue weighted by molar-refractivity contribution is 0.1000. The molecule has 5 heteroatoms. The third-order valence-electron chi connectivity index (χ3n) is 1.37. The van der Waals surface area contributed by atoms with Crippen LogP contribution in [0.3, 0.4) is 0 Å². The fourth-order valence-corrected chi connectivity index (χ4v) is 1.44. The molecule has 1 aromatic rings. The number of amides is 1. The summed E-state index contributed by atoms with van der Waals surface area (Å²) in [5, 5.41) is 2.23. The van der Waals surface area contributed by atoms with Gasteiger partial charge in [-0.1, -0.05) is 19.7 Å². The number of primary amides is 1. The van der Waals surface area contributed by atoms with E-state index < -0.39 is 5.91 Å². The summed E-state index contributed by atoms with van der Waals surface area (Å²) in [6.45, 7) is 2.10. The zero-order valence-electron chi connectivity index (χ0n) is 6.91. The van der Waals surface area contributed by atoms with Crippen LogP contribution in [0.4, 0.5) is 0 Å². The van der Waals surface area contributed by atoms with Crippen LogP contribution in [-0.4, -0.2) is 18.2 Å². The molecule has 1 rings (SSSR count). The van der Waals surface area contributed by atoms with Crippen molar-refractivity contribution in [1.82, 2.24) is 4.98 Å². The van der Waals surface area contributed by atoms with Crippen LogP contribution in [0.2, 0.25) is 6.32 Å². The Hall–Kier alpha value is -0.835. The molecule has 0 saturated carbocycles. The standard InChI is InChI=1S/C7H10BN2OS/c1-2-3-8-5-4-12-7(10-5)6(9)11/h4H,2-3H2,1H3,(H2,9,11). The van der Waals surface area contributed by atoms with Crippen molar-refractivity contribution in [2.45, 2.75) is 19.7 Å². The van der Waals surface area contributed by atoms with E-state index in [2.05, 4.69) is 11.9 Å². The molecule has 0 unspecified atom stereocenters. The third-order valence-corrected chi connectivity index (χ3v) is 2.25. The van der Waals surface area contributed by atoms with Gasteiger partial charge < -0.3 is 5.73 Å². The molecule has 0 bridgehead atoms. The van der Waals surface area contributed by atoms with Crippen LogP contribution < -0.4 is 11.3 Å². The maximum absolute atomic E-state index is 10.6. The Labute approximate surface area is 76.2 Å². The van der Waals surface area contributed by atoms with Crippen molar-refractivity contribution in [2.75, 3.05) is 0 Å². The molecule has 1 aromatic heterocycles. The van der Waals surface area contributed by atoms with Gasteiger partial charge in [0.2, 0.25) is 0 Å². The average Bonchev–Trinajstić information content (AvgIpc) is 2.48. The van der Waals surface area contributed by atoms with Gasteiger partial charge in [-0.25, -0.2) is 4.98 Å². The number of thiazole rings is 1. The highest BCUT2D eigenvalue weighted by Gasteiger charge is 2.06. The van der Waals surface area contributed by atoms with Crippen molar-refractivity contribution in [3.8, 4) is 0 Å². The van der Waals surface area contributed by atoms with E-state index in [-0.39, 0.29) is 0 Å². The van der Waals surface area contributed by atoms with Crippen molar-refractivity contribution < 1.29 is 4.79 Å².